The van der Waals surface area contributed by atoms with E-state index in [-0.39, 0.29) is 11.5 Å². The zero-order chi connectivity index (χ0) is 11.3. The van der Waals surface area contributed by atoms with Gasteiger partial charge >= 0.3 is 0 Å². The highest BCUT2D eigenvalue weighted by atomic mass is 16.3. The minimum Gasteiger partial charge on any atom is -0.504 e. The Morgan fingerprint density at radius 3 is 2.67 bits per heavy atom. The van der Waals surface area contributed by atoms with Gasteiger partial charge in [0.15, 0.2) is 11.5 Å². The van der Waals surface area contributed by atoms with Crippen molar-refractivity contribution < 1.29 is 10.2 Å². The van der Waals surface area contributed by atoms with E-state index in [0.717, 1.165) is 5.56 Å². The van der Waals surface area contributed by atoms with Crippen LogP contribution in [0.15, 0.2) is 35.9 Å². The first kappa shape index (κ1) is 10.9. The van der Waals surface area contributed by atoms with E-state index in [1.807, 2.05) is 6.07 Å². The molecule has 0 saturated carbocycles. The van der Waals surface area contributed by atoms with Crippen molar-refractivity contribution in [1.82, 2.24) is 0 Å². The zero-order valence-corrected chi connectivity index (χ0v) is 8.31. The Morgan fingerprint density at radius 1 is 1.33 bits per heavy atom. The number of rotatable bonds is 2. The molecule has 0 aliphatic heterocycles. The van der Waals surface area contributed by atoms with Crippen LogP contribution in [-0.2, 0) is 0 Å². The summed E-state index contributed by atoms with van der Waals surface area (Å²) in [6.07, 6.45) is 5.12. The lowest BCUT2D eigenvalue weighted by atomic mass is 10.2. The molecule has 0 aliphatic rings. The van der Waals surface area contributed by atoms with E-state index < -0.39 is 0 Å². The Kier molecular flexibility index (Phi) is 3.53. The predicted molar refractivity (Wildman–Crippen MR) is 58.2 cm³/mol. The number of phenols is 2. The van der Waals surface area contributed by atoms with Gasteiger partial charge in [-0.15, -0.1) is 0 Å². The molecule has 0 saturated heterocycles. The van der Waals surface area contributed by atoms with Crippen LogP contribution in [0.4, 0.5) is 0 Å². The fourth-order valence-corrected chi connectivity index (χ4v) is 0.985. The molecule has 0 aliphatic carbocycles. The summed E-state index contributed by atoms with van der Waals surface area (Å²) in [5.74, 6) is -0.297. The second kappa shape index (κ2) is 4.87. The topological polar surface area (TPSA) is 64.2 Å². The predicted octanol–water partition coefficient (Wildman–Crippen LogP) is 2.58. The molecule has 0 bridgehead atoms. The highest BCUT2D eigenvalue weighted by Crippen LogP contribution is 2.25. The summed E-state index contributed by atoms with van der Waals surface area (Å²) in [4.78, 5) is 0. The minimum atomic E-state index is -0.155. The molecule has 0 atom stereocenters. The molecular formula is C12H11NO2. The van der Waals surface area contributed by atoms with Crippen LogP contribution >= 0.6 is 0 Å². The maximum atomic E-state index is 9.20. The maximum absolute atomic E-state index is 9.20. The first-order valence-corrected chi connectivity index (χ1v) is 4.40. The van der Waals surface area contributed by atoms with Crippen LogP contribution in [0, 0.1) is 11.3 Å². The van der Waals surface area contributed by atoms with Gasteiger partial charge in [0.1, 0.15) is 0 Å². The molecule has 0 amide bonds. The Morgan fingerprint density at radius 2 is 2.07 bits per heavy atom. The number of aromatic hydroxyl groups is 2. The molecule has 0 aromatic heterocycles. The molecule has 3 heteroatoms. The summed E-state index contributed by atoms with van der Waals surface area (Å²) in [5.41, 5.74) is 1.36. The first-order valence-electron chi connectivity index (χ1n) is 4.40. The lowest BCUT2D eigenvalue weighted by molar-refractivity contribution is 0.403. The van der Waals surface area contributed by atoms with Crippen LogP contribution in [0.3, 0.4) is 0 Å². The van der Waals surface area contributed by atoms with Crippen LogP contribution in [0.25, 0.3) is 6.08 Å². The van der Waals surface area contributed by atoms with Crippen LogP contribution in [0.1, 0.15) is 12.5 Å². The molecule has 0 spiro atoms. The van der Waals surface area contributed by atoms with Crippen molar-refractivity contribution in [3.8, 4) is 17.6 Å². The summed E-state index contributed by atoms with van der Waals surface area (Å²) in [6, 6.07) is 6.52. The van der Waals surface area contributed by atoms with Gasteiger partial charge in [0.25, 0.3) is 0 Å². The molecule has 1 rings (SSSR count). The summed E-state index contributed by atoms with van der Waals surface area (Å²) >= 11 is 0. The fourth-order valence-electron chi connectivity index (χ4n) is 0.985. The Balaban J connectivity index is 2.83. The normalized spacial score (nSPS) is 11.6. The summed E-state index contributed by atoms with van der Waals surface area (Å²) in [7, 11) is 0. The summed E-state index contributed by atoms with van der Waals surface area (Å²) in [6.45, 7) is 1.71. The van der Waals surface area contributed by atoms with Crippen molar-refractivity contribution in [2.45, 2.75) is 6.92 Å². The van der Waals surface area contributed by atoms with Crippen molar-refractivity contribution >= 4 is 6.08 Å². The molecule has 0 fully saturated rings. The average Bonchev–Trinajstić information content (AvgIpc) is 2.23. The third-order valence-electron chi connectivity index (χ3n) is 1.81. The standard InChI is InChI=1S/C12H11NO2/c1-9(8-13)3-2-4-10-5-6-11(14)12(15)7-10/h2-7,14-15H,1H3/b4-2+,9-3-. The first-order chi connectivity index (χ1) is 7.13. The van der Waals surface area contributed by atoms with E-state index in [0.29, 0.717) is 5.57 Å². The van der Waals surface area contributed by atoms with Crippen molar-refractivity contribution in [1.29, 1.82) is 5.26 Å². The Labute approximate surface area is 88.2 Å². The molecule has 3 nitrogen and oxygen atoms in total. The maximum Gasteiger partial charge on any atom is 0.157 e. The average molecular weight is 201 g/mol. The van der Waals surface area contributed by atoms with Gasteiger partial charge < -0.3 is 10.2 Å². The molecule has 0 unspecified atom stereocenters. The van der Waals surface area contributed by atoms with Crippen LogP contribution in [0.2, 0.25) is 0 Å². The molecular weight excluding hydrogens is 190 g/mol. The second-order valence-electron chi connectivity index (χ2n) is 3.07. The van der Waals surface area contributed by atoms with Gasteiger partial charge in [0, 0.05) is 5.57 Å². The van der Waals surface area contributed by atoms with Crippen LogP contribution in [-0.4, -0.2) is 10.2 Å². The monoisotopic (exact) mass is 201 g/mol. The lowest BCUT2D eigenvalue weighted by Crippen LogP contribution is -1.73. The lowest BCUT2D eigenvalue weighted by Gasteiger charge is -1.97. The number of nitriles is 1. The number of nitrogens with zero attached hydrogens (tertiary/aromatic N) is 1. The third-order valence-corrected chi connectivity index (χ3v) is 1.81. The van der Waals surface area contributed by atoms with E-state index in [9.17, 15) is 5.11 Å². The molecule has 2 N–H and O–H groups in total. The number of hydrogen-bond donors (Lipinski definition) is 2. The van der Waals surface area contributed by atoms with Crippen molar-refractivity contribution in [3.63, 3.8) is 0 Å². The van der Waals surface area contributed by atoms with Gasteiger partial charge in [0.2, 0.25) is 0 Å². The molecule has 0 radical (unpaired) electrons. The second-order valence-corrected chi connectivity index (χ2v) is 3.07. The zero-order valence-electron chi connectivity index (χ0n) is 8.31. The van der Waals surface area contributed by atoms with E-state index in [1.54, 1.807) is 31.2 Å². The molecule has 1 aromatic rings. The number of hydrogen-bond acceptors (Lipinski definition) is 3. The Hall–Kier alpha value is -2.21. The van der Waals surface area contributed by atoms with Gasteiger partial charge in [0.05, 0.1) is 6.07 Å². The highest BCUT2D eigenvalue weighted by molar-refractivity contribution is 5.56. The van der Waals surface area contributed by atoms with Crippen LogP contribution < -0.4 is 0 Å². The van der Waals surface area contributed by atoms with Crippen LogP contribution in [0.5, 0.6) is 11.5 Å². The number of phenolic OH excluding ortho intramolecular Hbond substituents is 2. The van der Waals surface area contributed by atoms with Gasteiger partial charge in [-0.3, -0.25) is 0 Å². The van der Waals surface area contributed by atoms with Crippen molar-refractivity contribution in [2.24, 2.45) is 0 Å². The van der Waals surface area contributed by atoms with E-state index in [2.05, 4.69) is 0 Å². The number of allylic oxidation sites excluding steroid dienone is 3. The molecule has 1 aromatic carbocycles. The molecule has 15 heavy (non-hydrogen) atoms. The smallest absolute Gasteiger partial charge is 0.157 e. The van der Waals surface area contributed by atoms with Gasteiger partial charge in [-0.25, -0.2) is 0 Å². The van der Waals surface area contributed by atoms with Gasteiger partial charge in [-0.2, -0.15) is 5.26 Å². The third kappa shape index (κ3) is 3.20. The summed E-state index contributed by atoms with van der Waals surface area (Å²) < 4.78 is 0. The van der Waals surface area contributed by atoms with E-state index in [4.69, 9.17) is 10.4 Å². The van der Waals surface area contributed by atoms with E-state index in [1.165, 1.54) is 12.1 Å². The largest absolute Gasteiger partial charge is 0.504 e. The molecule has 0 heterocycles. The SMILES string of the molecule is C/C(C#N)=C/C=C/c1ccc(O)c(O)c1. The van der Waals surface area contributed by atoms with E-state index >= 15 is 0 Å². The minimum absolute atomic E-state index is 0.143. The number of benzene rings is 1. The fraction of sp³-hybridized carbons (Fsp3) is 0.0833. The quantitative estimate of drug-likeness (QED) is 0.439. The Bertz CT molecular complexity index is 453. The highest BCUT2D eigenvalue weighted by Gasteiger charge is 1.96. The van der Waals surface area contributed by atoms with Crippen molar-refractivity contribution in [3.05, 3.63) is 41.5 Å². The van der Waals surface area contributed by atoms with Crippen molar-refractivity contribution in [2.75, 3.05) is 0 Å². The van der Waals surface area contributed by atoms with Gasteiger partial charge in [-0.05, 0) is 30.7 Å². The van der Waals surface area contributed by atoms with Gasteiger partial charge in [-0.1, -0.05) is 18.2 Å². The summed E-state index contributed by atoms with van der Waals surface area (Å²) in [5, 5.41) is 26.8. The molecule has 76 valence electrons.